The first-order valence-electron chi connectivity index (χ1n) is 5.74. The van der Waals surface area contributed by atoms with Gasteiger partial charge in [-0.1, -0.05) is 0 Å². The van der Waals surface area contributed by atoms with E-state index >= 15 is 0 Å². The lowest BCUT2D eigenvalue weighted by Crippen LogP contribution is -2.37. The minimum atomic E-state index is -0.718. The topological polar surface area (TPSA) is 107 Å². The number of esters is 1. The molecule has 0 bridgehead atoms. The standard InChI is InChI=1S/C12H18N4O3/c1-7-5-8(14-6-12(2,3)11(13)18)16-9(15-7)10(17)19-4/h5H,6H2,1-4H3,(H2,13,18)(H,14,15,16). The van der Waals surface area contributed by atoms with Gasteiger partial charge in [-0.2, -0.15) is 0 Å². The zero-order chi connectivity index (χ0) is 14.6. The van der Waals surface area contributed by atoms with E-state index in [1.54, 1.807) is 26.8 Å². The number of carbonyl (C=O) groups excluding carboxylic acids is 2. The van der Waals surface area contributed by atoms with E-state index in [1.807, 2.05) is 0 Å². The van der Waals surface area contributed by atoms with Crippen molar-refractivity contribution in [3.05, 3.63) is 17.6 Å². The summed E-state index contributed by atoms with van der Waals surface area (Å²) >= 11 is 0. The summed E-state index contributed by atoms with van der Waals surface area (Å²) in [5.74, 6) is -0.607. The summed E-state index contributed by atoms with van der Waals surface area (Å²) in [4.78, 5) is 30.6. The Bertz CT molecular complexity index is 500. The second-order valence-electron chi connectivity index (χ2n) is 4.81. The molecule has 0 radical (unpaired) electrons. The quantitative estimate of drug-likeness (QED) is 0.751. The molecule has 0 saturated carbocycles. The molecule has 0 atom stereocenters. The molecule has 0 aliphatic rings. The summed E-state index contributed by atoms with van der Waals surface area (Å²) in [6.07, 6.45) is 0. The van der Waals surface area contributed by atoms with E-state index in [0.717, 1.165) is 0 Å². The molecule has 1 heterocycles. The van der Waals surface area contributed by atoms with E-state index in [1.165, 1.54) is 7.11 Å². The molecular weight excluding hydrogens is 248 g/mol. The number of methoxy groups -OCH3 is 1. The Hall–Kier alpha value is -2.18. The summed E-state index contributed by atoms with van der Waals surface area (Å²) in [5, 5.41) is 2.97. The molecule has 1 aromatic heterocycles. The number of carbonyl (C=O) groups is 2. The lowest BCUT2D eigenvalue weighted by Gasteiger charge is -2.21. The second-order valence-corrected chi connectivity index (χ2v) is 4.81. The summed E-state index contributed by atoms with van der Waals surface area (Å²) in [6.45, 7) is 5.48. The molecule has 0 aliphatic carbocycles. The van der Waals surface area contributed by atoms with Crippen LogP contribution in [0.5, 0.6) is 0 Å². The normalized spacial score (nSPS) is 10.9. The molecule has 3 N–H and O–H groups in total. The fourth-order valence-corrected chi connectivity index (χ4v) is 1.24. The van der Waals surface area contributed by atoms with Crippen LogP contribution in [-0.2, 0) is 9.53 Å². The fraction of sp³-hybridized carbons (Fsp3) is 0.500. The van der Waals surface area contributed by atoms with E-state index in [4.69, 9.17) is 5.73 Å². The number of nitrogens with two attached hydrogens (primary N) is 1. The molecule has 0 saturated heterocycles. The van der Waals surface area contributed by atoms with Crippen molar-refractivity contribution in [3.63, 3.8) is 0 Å². The fourth-order valence-electron chi connectivity index (χ4n) is 1.24. The van der Waals surface area contributed by atoms with E-state index in [0.29, 0.717) is 18.1 Å². The zero-order valence-corrected chi connectivity index (χ0v) is 11.5. The van der Waals surface area contributed by atoms with Gasteiger partial charge < -0.3 is 15.8 Å². The number of ether oxygens (including phenoxy) is 1. The molecule has 1 aromatic rings. The lowest BCUT2D eigenvalue weighted by atomic mass is 9.93. The Balaban J connectivity index is 2.88. The minimum absolute atomic E-state index is 0.0260. The molecule has 0 aromatic carbocycles. The second kappa shape index (κ2) is 5.64. The number of nitrogens with zero attached hydrogens (tertiary/aromatic N) is 2. The van der Waals surface area contributed by atoms with Crippen molar-refractivity contribution >= 4 is 17.7 Å². The number of nitrogens with one attached hydrogen (secondary N) is 1. The first-order valence-corrected chi connectivity index (χ1v) is 5.74. The zero-order valence-electron chi connectivity index (χ0n) is 11.5. The van der Waals surface area contributed by atoms with Crippen LogP contribution in [0.1, 0.15) is 30.2 Å². The Morgan fingerprint density at radius 2 is 2.05 bits per heavy atom. The maximum Gasteiger partial charge on any atom is 0.376 e. The monoisotopic (exact) mass is 266 g/mol. The first-order chi connectivity index (χ1) is 8.76. The first kappa shape index (κ1) is 14.9. The highest BCUT2D eigenvalue weighted by atomic mass is 16.5. The van der Waals surface area contributed by atoms with E-state index in [2.05, 4.69) is 20.0 Å². The minimum Gasteiger partial charge on any atom is -0.463 e. The van der Waals surface area contributed by atoms with Crippen LogP contribution in [0.4, 0.5) is 5.82 Å². The van der Waals surface area contributed by atoms with Crippen molar-refractivity contribution in [1.29, 1.82) is 0 Å². The van der Waals surface area contributed by atoms with Crippen LogP contribution in [0.3, 0.4) is 0 Å². The number of primary amides is 1. The van der Waals surface area contributed by atoms with Gasteiger partial charge in [-0.3, -0.25) is 4.79 Å². The molecule has 7 heteroatoms. The molecule has 1 rings (SSSR count). The van der Waals surface area contributed by atoms with Gasteiger partial charge in [0.2, 0.25) is 11.7 Å². The summed E-state index contributed by atoms with van der Waals surface area (Å²) in [7, 11) is 1.26. The van der Waals surface area contributed by atoms with Crippen LogP contribution in [0.25, 0.3) is 0 Å². The van der Waals surface area contributed by atoms with Crippen LogP contribution in [0.15, 0.2) is 6.07 Å². The maximum atomic E-state index is 11.4. The predicted octanol–water partition coefficient (Wildman–Crippen LogP) is 0.495. The third kappa shape index (κ3) is 3.90. The molecule has 19 heavy (non-hydrogen) atoms. The van der Waals surface area contributed by atoms with Crippen molar-refractivity contribution < 1.29 is 14.3 Å². The van der Waals surface area contributed by atoms with E-state index in [9.17, 15) is 9.59 Å². The van der Waals surface area contributed by atoms with Crippen LogP contribution < -0.4 is 11.1 Å². The van der Waals surface area contributed by atoms with Crippen molar-refractivity contribution in [3.8, 4) is 0 Å². The van der Waals surface area contributed by atoms with Gasteiger partial charge in [0.25, 0.3) is 0 Å². The van der Waals surface area contributed by atoms with Gasteiger partial charge in [-0.15, -0.1) is 0 Å². The largest absolute Gasteiger partial charge is 0.463 e. The van der Waals surface area contributed by atoms with Crippen molar-refractivity contribution in [2.45, 2.75) is 20.8 Å². The van der Waals surface area contributed by atoms with Gasteiger partial charge in [0.05, 0.1) is 12.5 Å². The number of rotatable bonds is 5. The molecule has 0 unspecified atom stereocenters. The summed E-state index contributed by atoms with van der Waals surface area (Å²) < 4.78 is 4.56. The molecule has 104 valence electrons. The molecule has 1 amide bonds. The molecular formula is C12H18N4O3. The Morgan fingerprint density at radius 3 is 2.58 bits per heavy atom. The van der Waals surface area contributed by atoms with Crippen LogP contribution in [0.2, 0.25) is 0 Å². The number of aryl methyl sites for hydroxylation is 1. The SMILES string of the molecule is COC(=O)c1nc(C)cc(NCC(C)(C)C(N)=O)n1. The van der Waals surface area contributed by atoms with Crippen molar-refractivity contribution in [2.75, 3.05) is 19.0 Å². The van der Waals surface area contributed by atoms with E-state index in [-0.39, 0.29) is 5.82 Å². The van der Waals surface area contributed by atoms with Crippen LogP contribution >= 0.6 is 0 Å². The van der Waals surface area contributed by atoms with E-state index < -0.39 is 17.3 Å². The number of amides is 1. The average molecular weight is 266 g/mol. The van der Waals surface area contributed by atoms with Gasteiger partial charge in [0.1, 0.15) is 5.82 Å². The van der Waals surface area contributed by atoms with Gasteiger partial charge in [-0.05, 0) is 20.8 Å². The highest BCUT2D eigenvalue weighted by molar-refractivity contribution is 5.85. The molecule has 0 spiro atoms. The van der Waals surface area contributed by atoms with Gasteiger partial charge in [-0.25, -0.2) is 14.8 Å². The Kier molecular flexibility index (Phi) is 4.42. The Labute approximate surface area is 111 Å². The van der Waals surface area contributed by atoms with Gasteiger partial charge in [0.15, 0.2) is 0 Å². The summed E-state index contributed by atoms with van der Waals surface area (Å²) in [5.41, 5.74) is 5.18. The van der Waals surface area contributed by atoms with Crippen LogP contribution in [0, 0.1) is 12.3 Å². The lowest BCUT2D eigenvalue weighted by molar-refractivity contribution is -0.125. The van der Waals surface area contributed by atoms with Gasteiger partial charge in [0, 0.05) is 18.3 Å². The highest BCUT2D eigenvalue weighted by Gasteiger charge is 2.25. The molecule has 7 nitrogen and oxygen atoms in total. The smallest absolute Gasteiger partial charge is 0.376 e. The number of hydrogen-bond donors (Lipinski definition) is 2. The van der Waals surface area contributed by atoms with Crippen LogP contribution in [-0.4, -0.2) is 35.5 Å². The maximum absolute atomic E-state index is 11.4. The third-order valence-corrected chi connectivity index (χ3v) is 2.60. The highest BCUT2D eigenvalue weighted by Crippen LogP contribution is 2.15. The molecule has 0 aliphatic heterocycles. The van der Waals surface area contributed by atoms with Crippen molar-refractivity contribution in [1.82, 2.24) is 9.97 Å². The number of aromatic nitrogens is 2. The Morgan fingerprint density at radius 1 is 1.42 bits per heavy atom. The average Bonchev–Trinajstić information content (AvgIpc) is 2.34. The summed E-state index contributed by atoms with van der Waals surface area (Å²) in [6, 6.07) is 1.67. The predicted molar refractivity (Wildman–Crippen MR) is 69.6 cm³/mol. The number of anilines is 1. The number of hydrogen-bond acceptors (Lipinski definition) is 6. The van der Waals surface area contributed by atoms with Crippen molar-refractivity contribution in [2.24, 2.45) is 11.1 Å². The van der Waals surface area contributed by atoms with Gasteiger partial charge >= 0.3 is 5.97 Å². The molecule has 0 fully saturated rings. The third-order valence-electron chi connectivity index (χ3n) is 2.60.